The second-order valence-electron chi connectivity index (χ2n) is 4.96. The molecule has 2 nitrogen and oxygen atoms in total. The first-order chi connectivity index (χ1) is 8.85. The van der Waals surface area contributed by atoms with Gasteiger partial charge in [0.05, 0.1) is 0 Å². The molecule has 0 rings (SSSR count). The van der Waals surface area contributed by atoms with Crippen molar-refractivity contribution in [3.05, 3.63) is 0 Å². The SMILES string of the molecule is C=O.CCCCCN(CCCCC)CCCCC. The zero-order valence-electron chi connectivity index (χ0n) is 13.0. The van der Waals surface area contributed by atoms with Crippen molar-refractivity contribution in [3.63, 3.8) is 0 Å². The van der Waals surface area contributed by atoms with Crippen molar-refractivity contribution in [1.29, 1.82) is 0 Å². The average Bonchev–Trinajstić information content (AvgIpc) is 2.41. The van der Waals surface area contributed by atoms with E-state index in [0.717, 1.165) is 0 Å². The quantitative estimate of drug-likeness (QED) is 0.473. The van der Waals surface area contributed by atoms with Gasteiger partial charge in [-0.15, -0.1) is 0 Å². The molecule has 0 aromatic heterocycles. The molecule has 0 spiro atoms. The van der Waals surface area contributed by atoms with Crippen LogP contribution in [-0.4, -0.2) is 31.3 Å². The molecule has 110 valence electrons. The Bertz CT molecular complexity index is 115. The van der Waals surface area contributed by atoms with Crippen LogP contribution in [0.2, 0.25) is 0 Å². The van der Waals surface area contributed by atoms with Gasteiger partial charge in [0.1, 0.15) is 6.79 Å². The number of nitrogens with zero attached hydrogens (tertiary/aromatic N) is 1. The second kappa shape index (κ2) is 19.0. The zero-order chi connectivity index (χ0) is 14.1. The molecular weight excluding hydrogens is 222 g/mol. The topological polar surface area (TPSA) is 20.3 Å². The molecule has 0 aromatic carbocycles. The molecule has 0 unspecified atom stereocenters. The molecule has 0 saturated carbocycles. The van der Waals surface area contributed by atoms with E-state index in [2.05, 4.69) is 25.7 Å². The van der Waals surface area contributed by atoms with Crippen molar-refractivity contribution in [2.24, 2.45) is 0 Å². The molecule has 0 fully saturated rings. The molecule has 0 saturated heterocycles. The number of hydrogen-bond acceptors (Lipinski definition) is 2. The fourth-order valence-electron chi connectivity index (χ4n) is 2.09. The van der Waals surface area contributed by atoms with Crippen LogP contribution in [0.5, 0.6) is 0 Å². The number of hydrogen-bond donors (Lipinski definition) is 0. The van der Waals surface area contributed by atoms with Crippen LogP contribution in [0.3, 0.4) is 0 Å². The van der Waals surface area contributed by atoms with Crippen molar-refractivity contribution >= 4 is 6.79 Å². The minimum absolute atomic E-state index is 1.33. The van der Waals surface area contributed by atoms with Crippen LogP contribution in [0.15, 0.2) is 0 Å². The van der Waals surface area contributed by atoms with Gasteiger partial charge in [-0.25, -0.2) is 0 Å². The number of unbranched alkanes of at least 4 members (excludes halogenated alkanes) is 6. The molecule has 0 aliphatic rings. The molecule has 2 heteroatoms. The van der Waals surface area contributed by atoms with E-state index in [1.807, 2.05) is 6.79 Å². The highest BCUT2D eigenvalue weighted by molar-refractivity contribution is 5.10. The Morgan fingerprint density at radius 3 is 1.11 bits per heavy atom. The molecule has 0 N–H and O–H groups in total. The Kier molecular flexibility index (Phi) is 21.0. The summed E-state index contributed by atoms with van der Waals surface area (Å²) in [4.78, 5) is 10.7. The lowest BCUT2D eigenvalue weighted by molar-refractivity contribution is -0.0979. The predicted octanol–water partition coefficient (Wildman–Crippen LogP) is 4.67. The summed E-state index contributed by atoms with van der Waals surface area (Å²) in [5, 5.41) is 0. The van der Waals surface area contributed by atoms with Crippen molar-refractivity contribution in [1.82, 2.24) is 4.90 Å². The minimum atomic E-state index is 1.33. The smallest absolute Gasteiger partial charge is 0.106 e. The largest absolute Gasteiger partial charge is 0.307 e. The van der Waals surface area contributed by atoms with Gasteiger partial charge in [-0.05, 0) is 38.9 Å². The average molecular weight is 257 g/mol. The maximum atomic E-state index is 8.00. The Morgan fingerprint density at radius 2 is 0.889 bits per heavy atom. The van der Waals surface area contributed by atoms with Crippen LogP contribution in [0, 0.1) is 0 Å². The highest BCUT2D eigenvalue weighted by Gasteiger charge is 2.03. The van der Waals surface area contributed by atoms with Crippen LogP contribution < -0.4 is 0 Å². The number of carbonyl (C=O) groups is 1. The monoisotopic (exact) mass is 257 g/mol. The molecule has 0 atom stereocenters. The maximum Gasteiger partial charge on any atom is 0.106 e. The normalized spacial score (nSPS) is 10.2. The summed E-state index contributed by atoms with van der Waals surface area (Å²) in [6, 6.07) is 0. The Labute approximate surface area is 115 Å². The highest BCUT2D eigenvalue weighted by Crippen LogP contribution is 2.05. The van der Waals surface area contributed by atoms with Gasteiger partial charge in [0.25, 0.3) is 0 Å². The highest BCUT2D eigenvalue weighted by atomic mass is 16.1. The summed E-state index contributed by atoms with van der Waals surface area (Å²) in [7, 11) is 0. The van der Waals surface area contributed by atoms with Gasteiger partial charge in [0, 0.05) is 0 Å². The van der Waals surface area contributed by atoms with E-state index in [1.54, 1.807) is 0 Å². The van der Waals surface area contributed by atoms with Crippen LogP contribution in [-0.2, 0) is 4.79 Å². The van der Waals surface area contributed by atoms with E-state index in [0.29, 0.717) is 0 Å². The number of carbonyl (C=O) groups excluding carboxylic acids is 1. The summed E-state index contributed by atoms with van der Waals surface area (Å²) in [6.45, 7) is 12.9. The van der Waals surface area contributed by atoms with Gasteiger partial charge in [-0.3, -0.25) is 0 Å². The fraction of sp³-hybridized carbons (Fsp3) is 0.938. The third kappa shape index (κ3) is 15.6. The van der Waals surface area contributed by atoms with Gasteiger partial charge in [0.15, 0.2) is 0 Å². The predicted molar refractivity (Wildman–Crippen MR) is 82.1 cm³/mol. The first kappa shape index (κ1) is 20.0. The van der Waals surface area contributed by atoms with Crippen molar-refractivity contribution < 1.29 is 4.79 Å². The first-order valence-electron chi connectivity index (χ1n) is 7.86. The third-order valence-corrected chi connectivity index (χ3v) is 3.23. The summed E-state index contributed by atoms with van der Waals surface area (Å²) in [5.74, 6) is 0. The van der Waals surface area contributed by atoms with E-state index in [-0.39, 0.29) is 0 Å². The lowest BCUT2D eigenvalue weighted by atomic mass is 10.2. The standard InChI is InChI=1S/C15H33N.CH2O/c1-4-7-10-13-16(14-11-8-5-2)15-12-9-6-3;1-2/h4-15H2,1-3H3;1H2. The maximum absolute atomic E-state index is 8.00. The Hall–Kier alpha value is -0.370. The van der Waals surface area contributed by atoms with E-state index in [9.17, 15) is 0 Å². The second-order valence-corrected chi connectivity index (χ2v) is 4.96. The van der Waals surface area contributed by atoms with Crippen molar-refractivity contribution in [2.75, 3.05) is 19.6 Å². The minimum Gasteiger partial charge on any atom is -0.307 e. The summed E-state index contributed by atoms with van der Waals surface area (Å²) < 4.78 is 0. The summed E-state index contributed by atoms with van der Waals surface area (Å²) in [6.07, 6.45) is 12.4. The first-order valence-corrected chi connectivity index (χ1v) is 7.86. The molecule has 0 heterocycles. The molecular formula is C16H35NO. The van der Waals surface area contributed by atoms with Gasteiger partial charge in [-0.2, -0.15) is 0 Å². The molecule has 0 aromatic rings. The molecule has 0 aliphatic carbocycles. The van der Waals surface area contributed by atoms with Crippen LogP contribution in [0.25, 0.3) is 0 Å². The van der Waals surface area contributed by atoms with Gasteiger partial charge >= 0.3 is 0 Å². The number of rotatable bonds is 12. The van der Waals surface area contributed by atoms with Crippen molar-refractivity contribution in [2.45, 2.75) is 78.6 Å². The van der Waals surface area contributed by atoms with E-state index in [4.69, 9.17) is 4.79 Å². The van der Waals surface area contributed by atoms with Crippen LogP contribution in [0.4, 0.5) is 0 Å². The van der Waals surface area contributed by atoms with Crippen molar-refractivity contribution in [3.8, 4) is 0 Å². The van der Waals surface area contributed by atoms with Gasteiger partial charge in [-0.1, -0.05) is 59.3 Å². The molecule has 0 bridgehead atoms. The van der Waals surface area contributed by atoms with Crippen LogP contribution in [0.1, 0.15) is 78.6 Å². The molecule has 18 heavy (non-hydrogen) atoms. The summed E-state index contributed by atoms with van der Waals surface area (Å²) >= 11 is 0. The third-order valence-electron chi connectivity index (χ3n) is 3.23. The van der Waals surface area contributed by atoms with Gasteiger partial charge < -0.3 is 9.69 Å². The molecule has 0 amide bonds. The molecule has 0 aliphatic heterocycles. The van der Waals surface area contributed by atoms with E-state index >= 15 is 0 Å². The van der Waals surface area contributed by atoms with E-state index < -0.39 is 0 Å². The fourth-order valence-corrected chi connectivity index (χ4v) is 2.09. The van der Waals surface area contributed by atoms with E-state index in [1.165, 1.54) is 77.4 Å². The Morgan fingerprint density at radius 1 is 0.611 bits per heavy atom. The Balaban J connectivity index is 0. The summed E-state index contributed by atoms with van der Waals surface area (Å²) in [5.41, 5.74) is 0. The lowest BCUT2D eigenvalue weighted by Gasteiger charge is -2.22. The zero-order valence-corrected chi connectivity index (χ0v) is 13.0. The molecule has 0 radical (unpaired) electrons. The lowest BCUT2D eigenvalue weighted by Crippen LogP contribution is -2.27. The van der Waals surface area contributed by atoms with Gasteiger partial charge in [0.2, 0.25) is 0 Å². The van der Waals surface area contributed by atoms with Crippen LogP contribution >= 0.6 is 0 Å².